The summed E-state index contributed by atoms with van der Waals surface area (Å²) in [6, 6.07) is 0. The quantitative estimate of drug-likeness (QED) is 0.624. The molecule has 0 aromatic rings. The molecule has 0 spiro atoms. The predicted molar refractivity (Wildman–Crippen MR) is 50.2 cm³/mol. The molecule has 0 unspecified atom stereocenters. The minimum atomic E-state index is -0.106. The van der Waals surface area contributed by atoms with Crippen molar-refractivity contribution in [3.63, 3.8) is 0 Å². The highest BCUT2D eigenvalue weighted by molar-refractivity contribution is 4.76. The Morgan fingerprint density at radius 1 is 1.50 bits per heavy atom. The van der Waals surface area contributed by atoms with E-state index in [1.165, 1.54) is 0 Å². The van der Waals surface area contributed by atoms with Crippen molar-refractivity contribution in [2.75, 3.05) is 33.2 Å². The maximum absolute atomic E-state index is 9.49. The molecule has 0 aromatic heterocycles. The maximum atomic E-state index is 9.49. The minimum absolute atomic E-state index is 0.106. The Morgan fingerprint density at radius 3 is 2.83 bits per heavy atom. The number of hydrogen-bond donors (Lipinski definition) is 2. The first kappa shape index (κ1) is 9.96. The number of nitrogens with one attached hydrogen (secondary N) is 1. The van der Waals surface area contributed by atoms with Crippen LogP contribution in [0.5, 0.6) is 0 Å². The summed E-state index contributed by atoms with van der Waals surface area (Å²) >= 11 is 0. The second kappa shape index (κ2) is 4.80. The van der Waals surface area contributed by atoms with Gasteiger partial charge in [0.05, 0.1) is 6.10 Å². The topological polar surface area (TPSA) is 35.5 Å². The fraction of sp³-hybridized carbons (Fsp3) is 1.00. The van der Waals surface area contributed by atoms with E-state index in [2.05, 4.69) is 17.1 Å². The molecule has 1 rings (SSSR count). The highest BCUT2D eigenvalue weighted by atomic mass is 16.3. The van der Waals surface area contributed by atoms with E-state index in [0.717, 1.165) is 32.6 Å². The maximum Gasteiger partial charge on any atom is 0.0670 e. The van der Waals surface area contributed by atoms with Crippen LogP contribution >= 0.6 is 0 Å². The molecular weight excluding hydrogens is 152 g/mol. The van der Waals surface area contributed by atoms with E-state index < -0.39 is 0 Å². The summed E-state index contributed by atoms with van der Waals surface area (Å²) in [5, 5.41) is 12.6. The van der Waals surface area contributed by atoms with Crippen LogP contribution in [0.3, 0.4) is 0 Å². The molecule has 1 saturated heterocycles. The molecule has 2 N–H and O–H groups in total. The molecule has 0 amide bonds. The second-order valence-corrected chi connectivity index (χ2v) is 3.86. The number of aliphatic hydroxyl groups is 1. The third-order valence-electron chi connectivity index (χ3n) is 2.39. The van der Waals surface area contributed by atoms with E-state index in [9.17, 15) is 5.11 Å². The number of piperidine rings is 1. The van der Waals surface area contributed by atoms with Gasteiger partial charge in [0.2, 0.25) is 0 Å². The molecule has 0 bridgehead atoms. The summed E-state index contributed by atoms with van der Waals surface area (Å²) in [4.78, 5) is 2.33. The molecule has 1 heterocycles. The van der Waals surface area contributed by atoms with Gasteiger partial charge in [0.1, 0.15) is 0 Å². The third kappa shape index (κ3) is 3.09. The Bertz CT molecular complexity index is 120. The highest BCUT2D eigenvalue weighted by Gasteiger charge is 2.21. The first-order valence-electron chi connectivity index (χ1n) is 4.77. The summed E-state index contributed by atoms with van der Waals surface area (Å²) in [6.45, 7) is 6.26. The standard InChI is InChI=1S/C9H20N2O/c1-8-5-9(12)7-11(6-8)4-3-10-2/h8-10,12H,3-7H2,1-2H3/t8-,9+/m0/s1. The summed E-state index contributed by atoms with van der Waals surface area (Å²) < 4.78 is 0. The normalized spacial score (nSPS) is 32.2. The average molecular weight is 172 g/mol. The van der Waals surface area contributed by atoms with Crippen LogP contribution < -0.4 is 5.32 Å². The Labute approximate surface area is 74.8 Å². The fourth-order valence-corrected chi connectivity index (χ4v) is 1.88. The molecule has 0 saturated carbocycles. The van der Waals surface area contributed by atoms with E-state index in [1.54, 1.807) is 0 Å². The van der Waals surface area contributed by atoms with Gasteiger partial charge >= 0.3 is 0 Å². The van der Waals surface area contributed by atoms with Gasteiger partial charge < -0.3 is 10.4 Å². The molecule has 0 radical (unpaired) electrons. The molecule has 1 fully saturated rings. The van der Waals surface area contributed by atoms with Crippen molar-refractivity contribution in [2.45, 2.75) is 19.4 Å². The van der Waals surface area contributed by atoms with E-state index in [-0.39, 0.29) is 6.10 Å². The third-order valence-corrected chi connectivity index (χ3v) is 2.39. The first-order valence-corrected chi connectivity index (χ1v) is 4.77. The smallest absolute Gasteiger partial charge is 0.0670 e. The molecular formula is C9H20N2O. The summed E-state index contributed by atoms with van der Waals surface area (Å²) in [7, 11) is 1.96. The van der Waals surface area contributed by atoms with E-state index in [1.807, 2.05) is 7.05 Å². The van der Waals surface area contributed by atoms with Gasteiger partial charge in [0.15, 0.2) is 0 Å². The van der Waals surface area contributed by atoms with Crippen molar-refractivity contribution in [2.24, 2.45) is 5.92 Å². The van der Waals surface area contributed by atoms with E-state index in [0.29, 0.717) is 5.92 Å². The van der Waals surface area contributed by atoms with Gasteiger partial charge in [-0.25, -0.2) is 0 Å². The van der Waals surface area contributed by atoms with Crippen molar-refractivity contribution in [1.82, 2.24) is 10.2 Å². The number of nitrogens with zero attached hydrogens (tertiary/aromatic N) is 1. The zero-order chi connectivity index (χ0) is 8.97. The van der Waals surface area contributed by atoms with Gasteiger partial charge in [-0.2, -0.15) is 0 Å². The predicted octanol–water partition coefficient (Wildman–Crippen LogP) is -0.0915. The molecule has 2 atom stereocenters. The lowest BCUT2D eigenvalue weighted by Crippen LogP contribution is -2.44. The van der Waals surface area contributed by atoms with E-state index >= 15 is 0 Å². The molecule has 0 aliphatic carbocycles. The average Bonchev–Trinajstić information content (AvgIpc) is 1.99. The van der Waals surface area contributed by atoms with Crippen molar-refractivity contribution in [1.29, 1.82) is 0 Å². The minimum Gasteiger partial charge on any atom is -0.392 e. The largest absolute Gasteiger partial charge is 0.392 e. The van der Waals surface area contributed by atoms with Gasteiger partial charge in [-0.15, -0.1) is 0 Å². The molecule has 12 heavy (non-hydrogen) atoms. The van der Waals surface area contributed by atoms with Crippen LogP contribution in [0.2, 0.25) is 0 Å². The van der Waals surface area contributed by atoms with Crippen LogP contribution in [0, 0.1) is 5.92 Å². The van der Waals surface area contributed by atoms with Gasteiger partial charge in [-0.05, 0) is 19.4 Å². The number of hydrogen-bond acceptors (Lipinski definition) is 3. The van der Waals surface area contributed by atoms with Crippen LogP contribution in [0.1, 0.15) is 13.3 Å². The van der Waals surface area contributed by atoms with Gasteiger partial charge in [-0.1, -0.05) is 6.92 Å². The molecule has 0 aromatic carbocycles. The van der Waals surface area contributed by atoms with Crippen molar-refractivity contribution in [3.8, 4) is 0 Å². The number of likely N-dealkylation sites (tertiary alicyclic amines) is 1. The molecule has 1 aliphatic heterocycles. The van der Waals surface area contributed by atoms with Crippen molar-refractivity contribution >= 4 is 0 Å². The Balaban J connectivity index is 2.24. The summed E-state index contributed by atoms with van der Waals surface area (Å²) in [6.07, 6.45) is 0.862. The molecule has 72 valence electrons. The highest BCUT2D eigenvalue weighted by Crippen LogP contribution is 2.15. The number of aliphatic hydroxyl groups excluding tert-OH is 1. The fourth-order valence-electron chi connectivity index (χ4n) is 1.88. The Kier molecular flexibility index (Phi) is 3.98. The van der Waals surface area contributed by atoms with Crippen LogP contribution in [0.25, 0.3) is 0 Å². The first-order chi connectivity index (χ1) is 5.72. The second-order valence-electron chi connectivity index (χ2n) is 3.86. The lowest BCUT2D eigenvalue weighted by Gasteiger charge is -2.33. The number of likely N-dealkylation sites (N-methyl/N-ethyl adjacent to an activating group) is 1. The molecule has 3 nitrogen and oxygen atoms in total. The van der Waals surface area contributed by atoms with Crippen LogP contribution in [-0.4, -0.2) is 49.3 Å². The molecule has 1 aliphatic rings. The van der Waals surface area contributed by atoms with Gasteiger partial charge in [-0.3, -0.25) is 4.90 Å². The lowest BCUT2D eigenvalue weighted by molar-refractivity contribution is 0.0456. The number of rotatable bonds is 3. The summed E-state index contributed by atoms with van der Waals surface area (Å²) in [5.41, 5.74) is 0. The van der Waals surface area contributed by atoms with E-state index in [4.69, 9.17) is 0 Å². The van der Waals surface area contributed by atoms with Gasteiger partial charge in [0, 0.05) is 26.2 Å². The van der Waals surface area contributed by atoms with Crippen molar-refractivity contribution < 1.29 is 5.11 Å². The monoisotopic (exact) mass is 172 g/mol. The van der Waals surface area contributed by atoms with Crippen LogP contribution in [0.15, 0.2) is 0 Å². The van der Waals surface area contributed by atoms with Gasteiger partial charge in [0.25, 0.3) is 0 Å². The zero-order valence-corrected chi connectivity index (χ0v) is 8.08. The SMILES string of the molecule is CNCCN1C[C@@H](C)C[C@@H](O)C1. The summed E-state index contributed by atoms with van der Waals surface area (Å²) in [5.74, 6) is 0.644. The van der Waals surface area contributed by atoms with Crippen LogP contribution in [-0.2, 0) is 0 Å². The zero-order valence-electron chi connectivity index (χ0n) is 8.08. The molecule has 3 heteroatoms. The Hall–Kier alpha value is -0.120. The van der Waals surface area contributed by atoms with Crippen molar-refractivity contribution in [3.05, 3.63) is 0 Å². The lowest BCUT2D eigenvalue weighted by atomic mass is 9.98. The Morgan fingerprint density at radius 2 is 2.25 bits per heavy atom. The van der Waals surface area contributed by atoms with Crippen LogP contribution in [0.4, 0.5) is 0 Å². The number of β-amino-alcohol motifs (C(OH)–C–C–N with tert-alkyl or cyclic N) is 1.